The van der Waals surface area contributed by atoms with Crippen molar-refractivity contribution in [3.05, 3.63) is 58.7 Å². The van der Waals surface area contributed by atoms with Gasteiger partial charge in [0, 0.05) is 56.0 Å². The molecule has 198 valence electrons. The summed E-state index contributed by atoms with van der Waals surface area (Å²) in [5.74, 6) is 2.51. The molecule has 0 unspecified atom stereocenters. The first-order valence-corrected chi connectivity index (χ1v) is 14.6. The zero-order valence-corrected chi connectivity index (χ0v) is 23.4. The van der Waals surface area contributed by atoms with E-state index in [1.165, 1.54) is 15.8 Å². The summed E-state index contributed by atoms with van der Waals surface area (Å²) in [6.45, 7) is 12.7. The quantitative estimate of drug-likeness (QED) is 0.356. The predicted molar refractivity (Wildman–Crippen MR) is 157 cm³/mol. The summed E-state index contributed by atoms with van der Waals surface area (Å²) in [7, 11) is 0. The van der Waals surface area contributed by atoms with E-state index in [9.17, 15) is 4.79 Å². The lowest BCUT2D eigenvalue weighted by atomic mass is 10.0. The summed E-state index contributed by atoms with van der Waals surface area (Å²) in [6.07, 6.45) is 1.93. The van der Waals surface area contributed by atoms with E-state index < -0.39 is 0 Å². The molecule has 2 aromatic carbocycles. The van der Waals surface area contributed by atoms with Crippen LogP contribution in [0.5, 0.6) is 0 Å². The number of nitrogens with zero attached hydrogens (tertiary/aromatic N) is 5. The molecule has 7 nitrogen and oxygen atoms in total. The molecule has 0 spiro atoms. The monoisotopic (exact) mass is 528 g/mol. The van der Waals surface area contributed by atoms with Gasteiger partial charge in [-0.1, -0.05) is 57.2 Å². The molecule has 8 heteroatoms. The molecule has 0 bridgehead atoms. The highest BCUT2D eigenvalue weighted by molar-refractivity contribution is 7.19. The maximum absolute atomic E-state index is 13.2. The number of aromatic nitrogens is 2. The van der Waals surface area contributed by atoms with Gasteiger partial charge in [-0.3, -0.25) is 4.90 Å². The van der Waals surface area contributed by atoms with Crippen LogP contribution in [0.15, 0.2) is 42.5 Å². The molecule has 6 rings (SSSR count). The Hall–Kier alpha value is -3.23. The van der Waals surface area contributed by atoms with E-state index in [0.29, 0.717) is 19.0 Å². The van der Waals surface area contributed by atoms with E-state index >= 15 is 0 Å². The van der Waals surface area contributed by atoms with Crippen molar-refractivity contribution in [2.45, 2.75) is 40.2 Å². The van der Waals surface area contributed by atoms with Crippen LogP contribution < -0.4 is 10.2 Å². The van der Waals surface area contributed by atoms with E-state index in [1.807, 2.05) is 40.5 Å². The van der Waals surface area contributed by atoms with Crippen molar-refractivity contribution >= 4 is 49.9 Å². The van der Waals surface area contributed by atoms with Crippen molar-refractivity contribution < 1.29 is 4.79 Å². The molecule has 38 heavy (non-hydrogen) atoms. The molecule has 1 N–H and O–H groups in total. The Morgan fingerprint density at radius 1 is 1.03 bits per heavy atom. The molecule has 0 saturated carbocycles. The number of amides is 2. The van der Waals surface area contributed by atoms with E-state index in [0.717, 1.165) is 78.5 Å². The van der Waals surface area contributed by atoms with Crippen molar-refractivity contribution in [1.82, 2.24) is 19.8 Å². The SMILES string of the molecule is CCN1CCc2c(sc3nc(CC(C)C)nc(N4CCN(C(=O)Nc5cccc6ccccc56)CC4)c23)C1. The number of thiophene rings is 1. The first-order chi connectivity index (χ1) is 18.5. The number of hydrogen-bond donors (Lipinski definition) is 1. The fraction of sp³-hybridized carbons (Fsp3) is 0.433. The van der Waals surface area contributed by atoms with E-state index in [-0.39, 0.29) is 6.03 Å². The lowest BCUT2D eigenvalue weighted by Gasteiger charge is -2.36. The van der Waals surface area contributed by atoms with Gasteiger partial charge in [-0.05, 0) is 35.9 Å². The van der Waals surface area contributed by atoms with Gasteiger partial charge in [-0.25, -0.2) is 14.8 Å². The van der Waals surface area contributed by atoms with Crippen molar-refractivity contribution in [1.29, 1.82) is 0 Å². The largest absolute Gasteiger partial charge is 0.352 e. The van der Waals surface area contributed by atoms with Gasteiger partial charge in [-0.15, -0.1) is 11.3 Å². The summed E-state index contributed by atoms with van der Waals surface area (Å²) in [6, 6.07) is 14.2. The van der Waals surface area contributed by atoms with Crippen LogP contribution in [0.25, 0.3) is 21.0 Å². The molecule has 4 heterocycles. The predicted octanol–water partition coefficient (Wildman–Crippen LogP) is 5.78. The Kier molecular flexibility index (Phi) is 6.93. The minimum atomic E-state index is -0.0399. The maximum Gasteiger partial charge on any atom is 0.321 e. The molecule has 0 atom stereocenters. The Morgan fingerprint density at radius 2 is 1.82 bits per heavy atom. The van der Waals surface area contributed by atoms with Gasteiger partial charge in [-0.2, -0.15) is 0 Å². The molecular formula is C30H36N6OS. The standard InChI is InChI=1S/C30H36N6OS/c1-4-34-13-12-23-25(19-34)38-29-27(23)28(32-26(33-29)18-20(2)3)35-14-16-36(17-15-35)30(37)31-24-11-7-9-21-8-5-6-10-22(21)24/h5-11,20H,4,12-19H2,1-3H3,(H,31,37). The Bertz CT molecular complexity index is 1470. The third kappa shape index (κ3) is 4.83. The molecule has 2 aliphatic heterocycles. The van der Waals surface area contributed by atoms with Gasteiger partial charge in [0.05, 0.1) is 11.1 Å². The number of benzene rings is 2. The first kappa shape index (κ1) is 25.1. The van der Waals surface area contributed by atoms with Crippen molar-refractivity contribution in [3.63, 3.8) is 0 Å². The van der Waals surface area contributed by atoms with Crippen LogP contribution in [0.4, 0.5) is 16.3 Å². The topological polar surface area (TPSA) is 64.6 Å². The molecular weight excluding hydrogens is 492 g/mol. The molecule has 2 aliphatic rings. The number of carbonyl (C=O) groups excluding carboxylic acids is 1. The fourth-order valence-electron chi connectivity index (χ4n) is 5.68. The summed E-state index contributed by atoms with van der Waals surface area (Å²) in [5, 5.41) is 6.60. The van der Waals surface area contributed by atoms with Gasteiger partial charge in [0.15, 0.2) is 0 Å². The van der Waals surface area contributed by atoms with Gasteiger partial charge >= 0.3 is 6.03 Å². The van der Waals surface area contributed by atoms with Crippen LogP contribution in [0.3, 0.4) is 0 Å². The minimum absolute atomic E-state index is 0.0399. The number of rotatable bonds is 5. The molecule has 1 saturated heterocycles. The highest BCUT2D eigenvalue weighted by atomic mass is 32.1. The third-order valence-corrected chi connectivity index (χ3v) is 8.85. The molecule has 0 radical (unpaired) electrons. The molecule has 4 aromatic rings. The molecule has 2 amide bonds. The highest BCUT2D eigenvalue weighted by Crippen LogP contribution is 2.39. The number of carbonyl (C=O) groups is 1. The highest BCUT2D eigenvalue weighted by Gasteiger charge is 2.29. The Balaban J connectivity index is 1.23. The minimum Gasteiger partial charge on any atom is -0.352 e. The number of anilines is 2. The van der Waals surface area contributed by atoms with Crippen molar-refractivity contribution in [3.8, 4) is 0 Å². The normalized spacial score (nSPS) is 16.4. The number of likely N-dealkylation sites (N-methyl/N-ethyl adjacent to an activating group) is 1. The average Bonchev–Trinajstić information content (AvgIpc) is 3.30. The Morgan fingerprint density at radius 3 is 2.61 bits per heavy atom. The summed E-state index contributed by atoms with van der Waals surface area (Å²) in [4.78, 5) is 32.8. The summed E-state index contributed by atoms with van der Waals surface area (Å²) >= 11 is 1.85. The van der Waals surface area contributed by atoms with Gasteiger partial charge < -0.3 is 15.1 Å². The smallest absolute Gasteiger partial charge is 0.321 e. The fourth-order valence-corrected chi connectivity index (χ4v) is 6.95. The van der Waals surface area contributed by atoms with Crippen LogP contribution in [-0.2, 0) is 19.4 Å². The van der Waals surface area contributed by atoms with Crippen LogP contribution in [0.2, 0.25) is 0 Å². The Labute approximate surface area is 228 Å². The number of fused-ring (bicyclic) bond motifs is 4. The van der Waals surface area contributed by atoms with E-state index in [2.05, 4.69) is 54.1 Å². The average molecular weight is 529 g/mol. The van der Waals surface area contributed by atoms with Gasteiger partial charge in [0.1, 0.15) is 16.5 Å². The van der Waals surface area contributed by atoms with Crippen molar-refractivity contribution in [2.75, 3.05) is 49.5 Å². The molecule has 2 aromatic heterocycles. The first-order valence-electron chi connectivity index (χ1n) is 13.8. The molecule has 1 fully saturated rings. The lowest BCUT2D eigenvalue weighted by Crippen LogP contribution is -2.50. The van der Waals surface area contributed by atoms with Gasteiger partial charge in [0.2, 0.25) is 0 Å². The second kappa shape index (κ2) is 10.5. The second-order valence-corrected chi connectivity index (χ2v) is 11.9. The van der Waals surface area contributed by atoms with E-state index in [1.54, 1.807) is 0 Å². The van der Waals surface area contributed by atoms with Crippen molar-refractivity contribution in [2.24, 2.45) is 5.92 Å². The van der Waals surface area contributed by atoms with Crippen LogP contribution in [0.1, 0.15) is 37.0 Å². The maximum atomic E-state index is 13.2. The number of hydrogen-bond acceptors (Lipinski definition) is 6. The number of nitrogens with one attached hydrogen (secondary N) is 1. The van der Waals surface area contributed by atoms with Crippen LogP contribution in [0, 0.1) is 5.92 Å². The van der Waals surface area contributed by atoms with E-state index in [4.69, 9.17) is 9.97 Å². The van der Waals surface area contributed by atoms with Gasteiger partial charge in [0.25, 0.3) is 0 Å². The lowest BCUT2D eigenvalue weighted by molar-refractivity contribution is 0.208. The summed E-state index contributed by atoms with van der Waals surface area (Å²) in [5.41, 5.74) is 2.30. The van der Waals surface area contributed by atoms with Crippen LogP contribution >= 0.6 is 11.3 Å². The van der Waals surface area contributed by atoms with Crippen LogP contribution in [-0.4, -0.2) is 65.1 Å². The zero-order chi connectivity index (χ0) is 26.2. The zero-order valence-electron chi connectivity index (χ0n) is 22.5. The number of urea groups is 1. The second-order valence-electron chi connectivity index (χ2n) is 10.8. The summed E-state index contributed by atoms with van der Waals surface area (Å²) < 4.78 is 0. The number of piperazine rings is 1. The molecule has 0 aliphatic carbocycles. The third-order valence-electron chi connectivity index (χ3n) is 7.74.